The number of nitrogens with zero attached hydrogens (tertiary/aromatic N) is 1. The summed E-state index contributed by atoms with van der Waals surface area (Å²) in [4.78, 5) is 91.1. The molecule has 2 heterocycles. The molecule has 0 bridgehead atoms. The summed E-state index contributed by atoms with van der Waals surface area (Å²) in [6.45, 7) is 31.5. The first-order valence-corrected chi connectivity index (χ1v) is 29.0. The van der Waals surface area contributed by atoms with Gasteiger partial charge < -0.3 is 72.3 Å². The van der Waals surface area contributed by atoms with E-state index in [-0.39, 0.29) is 103 Å². The number of imide groups is 1. The smallest absolute Gasteiger partial charge is 0.358 e. The summed E-state index contributed by atoms with van der Waals surface area (Å²) >= 11 is 0. The van der Waals surface area contributed by atoms with E-state index in [0.29, 0.717) is 37.9 Å². The average molecular weight is 1210 g/mol. The fraction of sp³-hybridized carbons (Fsp3) is 0.852. The van der Waals surface area contributed by atoms with E-state index in [9.17, 15) is 46.8 Å². The molecule has 2 fully saturated rings. The van der Waals surface area contributed by atoms with Crippen LogP contribution >= 0.6 is 0 Å². The maximum Gasteiger partial charge on any atom is 0.358 e. The van der Waals surface area contributed by atoms with Crippen molar-refractivity contribution in [2.75, 3.05) is 105 Å². The molecule has 1 atom stereocenters. The third-order valence-corrected chi connectivity index (χ3v) is 8.21. The molecule has 0 spiro atoms. The molecule has 0 radical (unpaired) electrons. The van der Waals surface area contributed by atoms with Crippen LogP contribution < -0.4 is 0 Å². The summed E-state index contributed by atoms with van der Waals surface area (Å²) in [5, 5.41) is 25.3. The maximum atomic E-state index is 11.1. The van der Waals surface area contributed by atoms with Crippen molar-refractivity contribution in [3.63, 3.8) is 0 Å². The summed E-state index contributed by atoms with van der Waals surface area (Å²) in [7, 11) is -3.45. The molecular weight excluding hydrogens is 1110 g/mol. The number of hydroxylamine groups is 2. The van der Waals surface area contributed by atoms with Crippen LogP contribution in [0.5, 0.6) is 0 Å². The third-order valence-electron chi connectivity index (χ3n) is 7.61. The Hall–Kier alpha value is -4.49. The molecule has 28 heteroatoms. The van der Waals surface area contributed by atoms with Gasteiger partial charge in [-0.05, 0) is 122 Å². The van der Waals surface area contributed by atoms with Gasteiger partial charge >= 0.3 is 35.8 Å². The fourth-order valence-electron chi connectivity index (χ4n) is 4.86. The van der Waals surface area contributed by atoms with Crippen LogP contribution in [-0.2, 0) is 110 Å². The maximum absolute atomic E-state index is 11.1. The minimum Gasteiger partial charge on any atom is -0.480 e. The predicted molar refractivity (Wildman–Crippen MR) is 298 cm³/mol. The molecule has 2 aliphatic rings. The second-order valence-corrected chi connectivity index (χ2v) is 22.7. The van der Waals surface area contributed by atoms with Gasteiger partial charge in [-0.25, -0.2) is 24.0 Å². The number of carboxylic acid groups (broad SMARTS) is 1. The Bertz CT molecular complexity index is 1760. The Morgan fingerprint density at radius 1 is 0.524 bits per heavy atom. The van der Waals surface area contributed by atoms with Gasteiger partial charge in [0.2, 0.25) is 0 Å². The molecule has 0 aromatic rings. The molecule has 82 heavy (non-hydrogen) atoms. The zero-order chi connectivity index (χ0) is 64.4. The zero-order valence-electron chi connectivity index (χ0n) is 52.1. The van der Waals surface area contributed by atoms with Crippen molar-refractivity contribution in [3.8, 4) is 0 Å². The number of aliphatic hydroxyl groups excluding tert-OH is 2. The highest BCUT2D eigenvalue weighted by atomic mass is 32.2. The van der Waals surface area contributed by atoms with E-state index in [4.69, 9.17) is 62.7 Å². The van der Waals surface area contributed by atoms with Gasteiger partial charge in [-0.2, -0.15) is 8.42 Å². The van der Waals surface area contributed by atoms with Crippen LogP contribution in [0.25, 0.3) is 0 Å². The molecule has 27 nitrogen and oxygen atoms in total. The van der Waals surface area contributed by atoms with Gasteiger partial charge in [0.05, 0.1) is 45.9 Å². The minimum atomic E-state index is -3.45. The van der Waals surface area contributed by atoms with Crippen molar-refractivity contribution in [2.45, 2.75) is 197 Å². The van der Waals surface area contributed by atoms with Crippen LogP contribution in [0, 0.1) is 0 Å². The molecule has 2 rings (SSSR count). The number of carbonyl (C=O) groups is 8. The van der Waals surface area contributed by atoms with E-state index >= 15 is 0 Å². The Morgan fingerprint density at radius 2 is 0.890 bits per heavy atom. The zero-order valence-corrected chi connectivity index (χ0v) is 53.0. The van der Waals surface area contributed by atoms with Crippen molar-refractivity contribution < 1.29 is 123 Å². The lowest BCUT2D eigenvalue weighted by Crippen LogP contribution is -2.33. The second kappa shape index (κ2) is 51.0. The molecule has 1 unspecified atom stereocenters. The van der Waals surface area contributed by atoms with E-state index in [0.717, 1.165) is 45.0 Å². The minimum absolute atomic E-state index is 0.0202. The van der Waals surface area contributed by atoms with Crippen LogP contribution in [-0.4, -0.2) is 210 Å². The molecule has 3 N–H and O–H groups in total. The van der Waals surface area contributed by atoms with Crippen molar-refractivity contribution in [3.05, 3.63) is 0 Å². The van der Waals surface area contributed by atoms with Gasteiger partial charge in [-0.15, -0.1) is 5.06 Å². The van der Waals surface area contributed by atoms with Crippen molar-refractivity contribution >= 4 is 57.7 Å². The first-order chi connectivity index (χ1) is 37.8. The number of aliphatic hydroxyl groups is 2. The van der Waals surface area contributed by atoms with E-state index in [2.05, 4.69) is 13.8 Å². The molecule has 2 aliphatic heterocycles. The second-order valence-electron chi connectivity index (χ2n) is 21.0. The number of hydrogen-bond donors (Lipinski definition) is 3. The number of hydrogen-bond acceptors (Lipinski definition) is 25. The molecular formula is C54H103NO26S. The summed E-state index contributed by atoms with van der Waals surface area (Å²) in [6, 6.07) is 0. The van der Waals surface area contributed by atoms with E-state index in [1.165, 1.54) is 6.42 Å². The average Bonchev–Trinajstić information content (AvgIpc) is 3.64. The SMILES string of the molecule is CC(C)(C)OC(=O)COCCO.CC(C)(C)OC(=O)COCCOS(C)(=O)=O.CCC(=O)OC(C)(C)C.CCCOCC(=O)O.CCCOCC(=O)OC(C)(C)C.CCCOCC(=O)ON1C(=O)CCC1=O.OCCOC1CCCCO1. The van der Waals surface area contributed by atoms with E-state index in [1.807, 2.05) is 62.3 Å². The Morgan fingerprint density at radius 3 is 1.21 bits per heavy atom. The Labute approximate surface area is 487 Å². The molecule has 0 aromatic heterocycles. The molecule has 0 saturated carbocycles. The summed E-state index contributed by atoms with van der Waals surface area (Å²) < 4.78 is 80.0. The number of esters is 4. The lowest BCUT2D eigenvalue weighted by molar-refractivity contribution is -0.200. The third kappa shape index (κ3) is 73.5. The van der Waals surface area contributed by atoms with Crippen molar-refractivity contribution in [1.82, 2.24) is 5.06 Å². The van der Waals surface area contributed by atoms with Crippen LogP contribution in [0.3, 0.4) is 0 Å². The normalized spacial score (nSPS) is 14.0. The lowest BCUT2D eigenvalue weighted by Gasteiger charge is -2.22. The lowest BCUT2D eigenvalue weighted by atomic mass is 10.2. The highest BCUT2D eigenvalue weighted by Crippen LogP contribution is 2.14. The number of rotatable bonds is 27. The fourth-order valence-corrected chi connectivity index (χ4v) is 5.23. The quantitative estimate of drug-likeness (QED) is 0.0313. The van der Waals surface area contributed by atoms with Crippen LogP contribution in [0.2, 0.25) is 0 Å². The summed E-state index contributed by atoms with van der Waals surface area (Å²) in [5.41, 5.74) is -1.76. The van der Waals surface area contributed by atoms with E-state index < -0.39 is 62.6 Å². The van der Waals surface area contributed by atoms with Crippen molar-refractivity contribution in [2.24, 2.45) is 0 Å². The van der Waals surface area contributed by atoms with Crippen molar-refractivity contribution in [1.29, 1.82) is 0 Å². The van der Waals surface area contributed by atoms with Crippen LogP contribution in [0.15, 0.2) is 0 Å². The van der Waals surface area contributed by atoms with Gasteiger partial charge in [0.25, 0.3) is 21.9 Å². The summed E-state index contributed by atoms with van der Waals surface area (Å²) in [5.74, 6) is -3.93. The predicted octanol–water partition coefficient (Wildman–Crippen LogP) is 5.19. The Kier molecular flexibility index (Phi) is 53.6. The molecule has 2 saturated heterocycles. The van der Waals surface area contributed by atoms with Gasteiger partial charge in [0.15, 0.2) is 6.29 Å². The standard InChI is InChI=1S/C9H13NO5.C9H18O6S.C9H18O3.C8H16O4.C7H14O3.C7H14O2.C5H10O3/c1-2-5-14-6-9(13)15-10-7(11)3-4-8(10)12;1-9(2,3)15-8(10)7-13-5-6-14-16(4,11)12;1-5-6-11-7-8(10)12-9(2,3)4;1-8(2,3)12-7(10)6-11-5-4-9;8-4-6-10-7-3-1-2-5-9-7;1-5-6(8)9-7(2,3)4;1-2-3-8-4-5(6)7/h2-6H2,1H3;5-7H2,1-4H3;5-7H2,1-4H3;9H,4-6H2,1-3H3;7-8H,1-6H2;5H2,1-4H3;2-4H2,1H3,(H,6,7). The van der Waals surface area contributed by atoms with Crippen LogP contribution in [0.1, 0.15) is 169 Å². The number of carboxylic acids is 1. The number of carbonyl (C=O) groups excluding carboxylic acids is 7. The molecule has 486 valence electrons. The number of amides is 2. The molecule has 0 aliphatic carbocycles. The highest BCUT2D eigenvalue weighted by Gasteiger charge is 2.33. The number of ether oxygens (including phenoxy) is 11. The topological polar surface area (TPSA) is 355 Å². The van der Waals surface area contributed by atoms with E-state index in [1.54, 1.807) is 48.5 Å². The van der Waals surface area contributed by atoms with Gasteiger partial charge in [0.1, 0.15) is 55.4 Å². The highest BCUT2D eigenvalue weighted by molar-refractivity contribution is 7.85. The van der Waals surface area contributed by atoms with Crippen LogP contribution in [0.4, 0.5) is 0 Å². The van der Waals surface area contributed by atoms with Gasteiger partial charge in [-0.3, -0.25) is 18.6 Å². The number of aliphatic carboxylic acids is 1. The Balaban J connectivity index is -0.000000285. The first-order valence-electron chi connectivity index (χ1n) is 27.2. The molecule has 2 amide bonds. The molecule has 0 aromatic carbocycles. The monoisotopic (exact) mass is 1210 g/mol. The summed E-state index contributed by atoms with van der Waals surface area (Å²) in [6.07, 6.45) is 7.41. The van der Waals surface area contributed by atoms with Gasteiger partial charge in [0, 0.05) is 45.7 Å². The first kappa shape index (κ1) is 86.3. The van der Waals surface area contributed by atoms with Gasteiger partial charge in [-0.1, -0.05) is 27.7 Å². The largest absolute Gasteiger partial charge is 0.480 e.